The first kappa shape index (κ1) is 13.2. The van der Waals surface area contributed by atoms with Gasteiger partial charge in [0.15, 0.2) is 0 Å². The van der Waals surface area contributed by atoms with Crippen LogP contribution in [0.2, 0.25) is 0 Å². The van der Waals surface area contributed by atoms with Gasteiger partial charge in [-0.25, -0.2) is 0 Å². The number of fused-ring (bicyclic) bond motifs is 1. The van der Waals surface area contributed by atoms with E-state index in [0.29, 0.717) is 0 Å². The molecule has 1 nitrogen and oxygen atoms in total. The molecule has 0 bridgehead atoms. The Kier molecular flexibility index (Phi) is 4.86. The number of aryl methyl sites for hydroxylation is 2. The third-order valence-electron chi connectivity index (χ3n) is 3.74. The van der Waals surface area contributed by atoms with Crippen LogP contribution in [0.25, 0.3) is 10.9 Å². The Hall–Kier alpha value is -1.24. The van der Waals surface area contributed by atoms with Gasteiger partial charge < -0.3 is 4.57 Å². The van der Waals surface area contributed by atoms with Crippen molar-refractivity contribution in [3.05, 3.63) is 36.0 Å². The van der Waals surface area contributed by atoms with Gasteiger partial charge in [-0.3, -0.25) is 0 Å². The van der Waals surface area contributed by atoms with Crippen LogP contribution >= 0.6 is 0 Å². The number of benzene rings is 1. The van der Waals surface area contributed by atoms with Crippen molar-refractivity contribution in [1.29, 1.82) is 0 Å². The zero-order valence-corrected chi connectivity index (χ0v) is 11.8. The number of nitrogens with zero attached hydrogens (tertiary/aromatic N) is 1. The highest BCUT2D eigenvalue weighted by atomic mass is 15.0. The van der Waals surface area contributed by atoms with Crippen molar-refractivity contribution in [2.24, 2.45) is 0 Å². The van der Waals surface area contributed by atoms with E-state index in [1.807, 2.05) is 0 Å². The van der Waals surface area contributed by atoms with Crippen LogP contribution in [0.5, 0.6) is 0 Å². The summed E-state index contributed by atoms with van der Waals surface area (Å²) in [6, 6.07) is 8.73. The Morgan fingerprint density at radius 3 is 2.50 bits per heavy atom. The Bertz CT molecular complexity index is 481. The first-order valence-corrected chi connectivity index (χ1v) is 7.37. The van der Waals surface area contributed by atoms with Gasteiger partial charge in [-0.15, -0.1) is 0 Å². The first-order valence-electron chi connectivity index (χ1n) is 7.37. The smallest absolute Gasteiger partial charge is 0.0483 e. The van der Waals surface area contributed by atoms with Crippen molar-refractivity contribution < 1.29 is 0 Å². The van der Waals surface area contributed by atoms with Crippen molar-refractivity contribution in [3.8, 4) is 0 Å². The number of rotatable bonds is 7. The van der Waals surface area contributed by atoms with E-state index in [9.17, 15) is 0 Å². The van der Waals surface area contributed by atoms with E-state index in [4.69, 9.17) is 0 Å². The molecule has 0 amide bonds. The number of para-hydroxylation sites is 1. The van der Waals surface area contributed by atoms with Crippen molar-refractivity contribution in [1.82, 2.24) is 4.57 Å². The first-order chi connectivity index (χ1) is 8.83. The van der Waals surface area contributed by atoms with Gasteiger partial charge in [-0.1, -0.05) is 57.2 Å². The zero-order valence-electron chi connectivity index (χ0n) is 11.8. The minimum Gasteiger partial charge on any atom is -0.347 e. The van der Waals surface area contributed by atoms with Gasteiger partial charge in [-0.2, -0.15) is 0 Å². The molecule has 18 heavy (non-hydrogen) atoms. The fourth-order valence-corrected chi connectivity index (χ4v) is 2.68. The molecule has 0 N–H and O–H groups in total. The molecule has 0 aliphatic heterocycles. The van der Waals surface area contributed by atoms with Crippen LogP contribution in [0.1, 0.15) is 51.0 Å². The fraction of sp³-hybridized carbons (Fsp3) is 0.529. The van der Waals surface area contributed by atoms with Gasteiger partial charge in [0, 0.05) is 23.6 Å². The van der Waals surface area contributed by atoms with Crippen LogP contribution in [-0.2, 0) is 6.54 Å². The summed E-state index contributed by atoms with van der Waals surface area (Å²) in [6.45, 7) is 5.65. The highest BCUT2D eigenvalue weighted by Gasteiger charge is 2.03. The second kappa shape index (κ2) is 6.63. The van der Waals surface area contributed by atoms with Gasteiger partial charge >= 0.3 is 0 Å². The monoisotopic (exact) mass is 243 g/mol. The molecule has 2 aromatic rings. The minimum absolute atomic E-state index is 1.17. The SMILES string of the molecule is CCCCCCCCn1cc(C)c2ccccc21. The van der Waals surface area contributed by atoms with Crippen molar-refractivity contribution >= 4 is 10.9 Å². The van der Waals surface area contributed by atoms with E-state index >= 15 is 0 Å². The van der Waals surface area contributed by atoms with E-state index in [0.717, 1.165) is 0 Å². The lowest BCUT2D eigenvalue weighted by Gasteiger charge is -2.05. The lowest BCUT2D eigenvalue weighted by atomic mass is 10.1. The largest absolute Gasteiger partial charge is 0.347 e. The molecule has 0 aliphatic rings. The molecular weight excluding hydrogens is 218 g/mol. The lowest BCUT2D eigenvalue weighted by Crippen LogP contribution is -1.95. The van der Waals surface area contributed by atoms with E-state index in [1.165, 1.54) is 61.5 Å². The molecule has 1 aromatic heterocycles. The predicted molar refractivity (Wildman–Crippen MR) is 80.1 cm³/mol. The Balaban J connectivity index is 1.88. The molecule has 0 saturated carbocycles. The minimum atomic E-state index is 1.17. The van der Waals surface area contributed by atoms with Crippen LogP contribution in [0.4, 0.5) is 0 Å². The van der Waals surface area contributed by atoms with Gasteiger partial charge in [0.05, 0.1) is 0 Å². The summed E-state index contributed by atoms with van der Waals surface area (Å²) < 4.78 is 2.42. The van der Waals surface area contributed by atoms with Crippen LogP contribution in [-0.4, -0.2) is 4.57 Å². The van der Waals surface area contributed by atoms with Crippen LogP contribution in [0.3, 0.4) is 0 Å². The summed E-state index contributed by atoms with van der Waals surface area (Å²) in [5.41, 5.74) is 2.79. The Morgan fingerprint density at radius 1 is 0.944 bits per heavy atom. The molecule has 0 saturated heterocycles. The van der Waals surface area contributed by atoms with Crippen molar-refractivity contribution in [2.45, 2.75) is 58.9 Å². The molecule has 0 unspecified atom stereocenters. The fourth-order valence-electron chi connectivity index (χ4n) is 2.68. The maximum Gasteiger partial charge on any atom is 0.0483 e. The maximum atomic E-state index is 2.42. The third-order valence-corrected chi connectivity index (χ3v) is 3.74. The third kappa shape index (κ3) is 3.16. The van der Waals surface area contributed by atoms with Gasteiger partial charge in [0.2, 0.25) is 0 Å². The summed E-state index contributed by atoms with van der Waals surface area (Å²) in [4.78, 5) is 0. The highest BCUT2D eigenvalue weighted by molar-refractivity contribution is 5.83. The predicted octanol–water partition coefficient (Wildman–Crippen LogP) is 5.31. The summed E-state index contributed by atoms with van der Waals surface area (Å²) >= 11 is 0. The standard InChI is InChI=1S/C17H25N/c1-3-4-5-6-7-10-13-18-14-15(2)16-11-8-9-12-17(16)18/h8-9,11-12,14H,3-7,10,13H2,1-2H3. The molecule has 0 spiro atoms. The Labute approximate surface area is 111 Å². The maximum absolute atomic E-state index is 2.42. The number of unbranched alkanes of at least 4 members (excludes halogenated alkanes) is 5. The molecule has 0 radical (unpaired) electrons. The summed E-state index contributed by atoms with van der Waals surface area (Å²) in [5.74, 6) is 0. The van der Waals surface area contributed by atoms with E-state index in [2.05, 4.69) is 48.9 Å². The van der Waals surface area contributed by atoms with Crippen molar-refractivity contribution in [3.63, 3.8) is 0 Å². The van der Waals surface area contributed by atoms with Gasteiger partial charge in [0.25, 0.3) is 0 Å². The van der Waals surface area contributed by atoms with E-state index in [-0.39, 0.29) is 0 Å². The molecule has 1 heteroatoms. The summed E-state index contributed by atoms with van der Waals surface area (Å²) in [6.07, 6.45) is 10.5. The Morgan fingerprint density at radius 2 is 1.67 bits per heavy atom. The second-order valence-electron chi connectivity index (χ2n) is 5.29. The van der Waals surface area contributed by atoms with Crippen LogP contribution in [0, 0.1) is 6.92 Å². The topological polar surface area (TPSA) is 4.93 Å². The summed E-state index contributed by atoms with van der Waals surface area (Å²) in [7, 11) is 0. The van der Waals surface area contributed by atoms with Crippen LogP contribution in [0.15, 0.2) is 30.5 Å². The normalized spacial score (nSPS) is 11.2. The molecule has 0 aliphatic carbocycles. The molecule has 1 aromatic carbocycles. The van der Waals surface area contributed by atoms with E-state index in [1.54, 1.807) is 0 Å². The van der Waals surface area contributed by atoms with E-state index < -0.39 is 0 Å². The number of hydrogen-bond donors (Lipinski definition) is 0. The average molecular weight is 243 g/mol. The average Bonchev–Trinajstić information content (AvgIpc) is 2.71. The summed E-state index contributed by atoms with van der Waals surface area (Å²) in [5, 5.41) is 1.41. The molecule has 2 rings (SSSR count). The number of hydrogen-bond acceptors (Lipinski definition) is 0. The molecular formula is C17H25N. The number of aromatic nitrogens is 1. The van der Waals surface area contributed by atoms with Crippen molar-refractivity contribution in [2.75, 3.05) is 0 Å². The van der Waals surface area contributed by atoms with Crippen LogP contribution < -0.4 is 0 Å². The zero-order chi connectivity index (χ0) is 12.8. The molecule has 0 fully saturated rings. The molecule has 0 atom stereocenters. The lowest BCUT2D eigenvalue weighted by molar-refractivity contribution is 0.565. The molecule has 1 heterocycles. The second-order valence-corrected chi connectivity index (χ2v) is 5.29. The van der Waals surface area contributed by atoms with Gasteiger partial charge in [0.1, 0.15) is 0 Å². The quantitative estimate of drug-likeness (QED) is 0.581. The highest BCUT2D eigenvalue weighted by Crippen LogP contribution is 2.21. The molecule has 98 valence electrons. The van der Waals surface area contributed by atoms with Gasteiger partial charge in [-0.05, 0) is 25.0 Å².